The van der Waals surface area contributed by atoms with E-state index >= 15 is 0 Å². The van der Waals surface area contributed by atoms with Crippen LogP contribution in [-0.2, 0) is 21.7 Å². The number of thioether (sulfide) groups is 1. The van der Waals surface area contributed by atoms with Crippen LogP contribution in [-0.4, -0.2) is 9.82 Å². The molecule has 18 rings (SSSR count). The van der Waals surface area contributed by atoms with Crippen LogP contribution in [0.2, 0.25) is 0 Å². The summed E-state index contributed by atoms with van der Waals surface area (Å²) in [4.78, 5) is 6.85. The van der Waals surface area contributed by atoms with Crippen LogP contribution in [0.1, 0.15) is 155 Å². The monoisotopic (exact) mass is 1400 g/mol. The van der Waals surface area contributed by atoms with Gasteiger partial charge in [-0.15, -0.1) is 23.1 Å². The SMILES string of the molecule is CCC1(C)c2cc(-c3c(C)cc(C)cc3C)ccc2N2c3ccc(-c4c(C)cc(C)cc4C)cc3N(c3c(-c4cccc5c4C4C=CC=CC4S5)cccc3-c3cccc4sc5ccccc5c34)c3cc(-n4c5ccc(C(C)(C)C)cc5c5ccc(-c6cc(C(C)(C)C)cc(C(C)(C)C)c6)cc54)cc1c32. The summed E-state index contributed by atoms with van der Waals surface area (Å²) in [6.45, 7) is 39.9. The van der Waals surface area contributed by atoms with Gasteiger partial charge in [0.2, 0.25) is 0 Å². The maximum atomic E-state index is 2.79. The molecule has 3 nitrogen and oxygen atoms in total. The van der Waals surface area contributed by atoms with Crippen molar-refractivity contribution in [1.82, 2.24) is 4.57 Å². The first-order chi connectivity index (χ1) is 50.2. The van der Waals surface area contributed by atoms with E-state index in [2.05, 4.69) is 363 Å². The van der Waals surface area contributed by atoms with Crippen LogP contribution in [0.5, 0.6) is 0 Å². The lowest BCUT2D eigenvalue weighted by molar-refractivity contribution is 0.544. The molecule has 14 aromatic rings. The Morgan fingerprint density at radius 2 is 1.00 bits per heavy atom. The fourth-order valence-electron chi connectivity index (χ4n) is 18.6. The first-order valence-corrected chi connectivity index (χ1v) is 39.6. The Labute approximate surface area is 629 Å². The predicted molar refractivity (Wildman–Crippen MR) is 456 cm³/mol. The Morgan fingerprint density at radius 1 is 0.410 bits per heavy atom. The van der Waals surface area contributed by atoms with Crippen molar-refractivity contribution in [2.75, 3.05) is 9.80 Å². The fourth-order valence-corrected chi connectivity index (χ4v) is 21.1. The minimum absolute atomic E-state index is 0.0579. The van der Waals surface area contributed by atoms with Crippen LogP contribution in [0.15, 0.2) is 235 Å². The minimum Gasteiger partial charge on any atom is -0.309 e. The van der Waals surface area contributed by atoms with E-state index in [-0.39, 0.29) is 22.2 Å². The molecule has 4 aliphatic rings. The second kappa shape index (κ2) is 24.1. The van der Waals surface area contributed by atoms with Crippen molar-refractivity contribution < 1.29 is 0 Å². The van der Waals surface area contributed by atoms with Crippen LogP contribution in [0.4, 0.5) is 34.1 Å². The van der Waals surface area contributed by atoms with E-state index in [1.54, 1.807) is 0 Å². The molecule has 0 N–H and O–H groups in total. The largest absolute Gasteiger partial charge is 0.309 e. The molecule has 2 aromatic heterocycles. The van der Waals surface area contributed by atoms with Gasteiger partial charge in [0.05, 0.1) is 45.2 Å². The Hall–Kier alpha value is -9.91. The lowest BCUT2D eigenvalue weighted by Gasteiger charge is -2.50. The molecule has 520 valence electrons. The molecule has 3 atom stereocenters. The van der Waals surface area contributed by atoms with Gasteiger partial charge in [0.1, 0.15) is 0 Å². The van der Waals surface area contributed by atoms with E-state index in [1.165, 1.54) is 186 Å². The van der Waals surface area contributed by atoms with Crippen molar-refractivity contribution in [3.8, 4) is 61.3 Å². The summed E-state index contributed by atoms with van der Waals surface area (Å²) in [6.07, 6.45) is 10.3. The highest BCUT2D eigenvalue weighted by Gasteiger charge is 2.47. The van der Waals surface area contributed by atoms with Gasteiger partial charge in [0.25, 0.3) is 0 Å². The lowest BCUT2D eigenvalue weighted by Crippen LogP contribution is -2.36. The van der Waals surface area contributed by atoms with E-state index in [1.807, 2.05) is 23.1 Å². The molecule has 0 amide bonds. The van der Waals surface area contributed by atoms with E-state index in [4.69, 9.17) is 0 Å². The third kappa shape index (κ3) is 10.5. The molecule has 0 saturated carbocycles. The van der Waals surface area contributed by atoms with Gasteiger partial charge >= 0.3 is 0 Å². The Kier molecular flexibility index (Phi) is 15.4. The van der Waals surface area contributed by atoms with Crippen LogP contribution in [0.3, 0.4) is 0 Å². The molecule has 5 heterocycles. The molecule has 105 heavy (non-hydrogen) atoms. The van der Waals surface area contributed by atoms with Crippen molar-refractivity contribution in [2.24, 2.45) is 0 Å². The maximum Gasteiger partial charge on any atom is 0.0746 e. The number of hydrogen-bond donors (Lipinski definition) is 0. The molecule has 0 saturated heterocycles. The lowest BCUT2D eigenvalue weighted by atomic mass is 9.68. The van der Waals surface area contributed by atoms with Gasteiger partial charge in [-0.25, -0.2) is 0 Å². The molecule has 0 radical (unpaired) electrons. The highest BCUT2D eigenvalue weighted by Crippen LogP contribution is 2.66. The van der Waals surface area contributed by atoms with Crippen LogP contribution in [0, 0.1) is 41.5 Å². The topological polar surface area (TPSA) is 11.4 Å². The standard InChI is InChI=1S/C100H93N3S2/c1-18-100(17)79-50-64(91-59(4)44-57(2)45-60(91)5)37-41-82(79)102-83-42-38-65(92-61(6)46-58(3)47-62(92)7)52-85(83)103(95-74(72-28-24-34-89-93(72)76-26-19-21-32-87(76)104-89)30-23-31-75(95)73-29-25-35-90-94(73)77-27-20-22-33-88(77)105-90)86-56-70(55-80(100)96(86)102)101-81-43-39-67(97(8,9)10)54-78(81)71-40-36-63(51-84(71)101)66-48-68(98(11,12)13)53-69(49-66)99(14,15)16/h19-56,76,87H,18H2,1-17H3. The molecular weight excluding hydrogens is 1310 g/mol. The van der Waals surface area contributed by atoms with Gasteiger partial charge in [-0.3, -0.25) is 0 Å². The summed E-state index contributed by atoms with van der Waals surface area (Å²) in [7, 11) is 0. The van der Waals surface area contributed by atoms with E-state index in [0.717, 1.165) is 29.2 Å². The van der Waals surface area contributed by atoms with Crippen LogP contribution in [0.25, 0.3) is 103 Å². The molecule has 12 aromatic carbocycles. The number of aryl methyl sites for hydroxylation is 6. The molecule has 0 bridgehead atoms. The van der Waals surface area contributed by atoms with E-state index in [0.29, 0.717) is 5.25 Å². The molecule has 3 aliphatic heterocycles. The predicted octanol–water partition coefficient (Wildman–Crippen LogP) is 29.2. The van der Waals surface area contributed by atoms with Gasteiger partial charge < -0.3 is 14.4 Å². The van der Waals surface area contributed by atoms with Crippen molar-refractivity contribution in [3.05, 3.63) is 297 Å². The zero-order valence-corrected chi connectivity index (χ0v) is 65.6. The Balaban J connectivity index is 1.02. The number of rotatable bonds is 8. The van der Waals surface area contributed by atoms with Crippen LogP contribution < -0.4 is 9.80 Å². The highest BCUT2D eigenvalue weighted by molar-refractivity contribution is 8.00. The Morgan fingerprint density at radius 3 is 1.69 bits per heavy atom. The third-order valence-corrected chi connectivity index (χ3v) is 26.4. The second-order valence-corrected chi connectivity index (χ2v) is 36.4. The number of anilines is 6. The molecule has 3 unspecified atom stereocenters. The smallest absolute Gasteiger partial charge is 0.0746 e. The average Bonchev–Trinajstić information content (AvgIpc) is 0.931. The number of thiophene rings is 1. The minimum atomic E-state index is -0.495. The number of nitrogens with zero attached hydrogens (tertiary/aromatic N) is 3. The highest BCUT2D eigenvalue weighted by atomic mass is 32.2. The van der Waals surface area contributed by atoms with Gasteiger partial charge in [0.15, 0.2) is 0 Å². The van der Waals surface area contributed by atoms with Gasteiger partial charge in [-0.05, 0) is 237 Å². The van der Waals surface area contributed by atoms with Gasteiger partial charge in [-0.2, -0.15) is 0 Å². The average molecular weight is 1400 g/mol. The third-order valence-electron chi connectivity index (χ3n) is 23.9. The molecule has 1 aliphatic carbocycles. The number of para-hydroxylation sites is 1. The van der Waals surface area contributed by atoms with Crippen LogP contribution >= 0.6 is 23.1 Å². The van der Waals surface area contributed by atoms with Crippen molar-refractivity contribution in [1.29, 1.82) is 0 Å². The normalized spacial score (nSPS) is 16.7. The summed E-state index contributed by atoms with van der Waals surface area (Å²) in [5.74, 6) is 0.209. The van der Waals surface area contributed by atoms with Gasteiger partial charge in [-0.1, -0.05) is 245 Å². The first-order valence-electron chi connectivity index (χ1n) is 37.9. The molecular formula is C100H93N3S2. The summed E-state index contributed by atoms with van der Waals surface area (Å²) in [5, 5.41) is 5.38. The van der Waals surface area contributed by atoms with E-state index < -0.39 is 5.41 Å². The number of aromatic nitrogens is 1. The number of benzene rings is 12. The second-order valence-electron chi connectivity index (χ2n) is 34.1. The van der Waals surface area contributed by atoms with Crippen molar-refractivity contribution >= 4 is 99.2 Å². The quantitative estimate of drug-likeness (QED) is 0.150. The summed E-state index contributed by atoms with van der Waals surface area (Å²) >= 11 is 3.91. The maximum absolute atomic E-state index is 2.79. The van der Waals surface area contributed by atoms with Crippen molar-refractivity contribution in [3.63, 3.8) is 0 Å². The number of fused-ring (bicyclic) bond motifs is 13. The summed E-state index contributed by atoms with van der Waals surface area (Å²) in [5.41, 5.74) is 38.0. The van der Waals surface area contributed by atoms with E-state index in [9.17, 15) is 0 Å². The van der Waals surface area contributed by atoms with Crippen molar-refractivity contribution in [2.45, 2.75) is 162 Å². The fraction of sp³-hybridized carbons (Fsp3) is 0.240. The molecule has 0 fully saturated rings. The zero-order valence-electron chi connectivity index (χ0n) is 64.0. The number of allylic oxidation sites excluding steroid dienone is 3. The summed E-state index contributed by atoms with van der Waals surface area (Å²) < 4.78 is 5.24. The zero-order chi connectivity index (χ0) is 72.8. The first kappa shape index (κ1) is 67.0. The summed E-state index contributed by atoms with van der Waals surface area (Å²) in [6, 6.07) is 82.4. The number of hydrogen-bond acceptors (Lipinski definition) is 4. The van der Waals surface area contributed by atoms with Gasteiger partial charge in [0, 0.05) is 69.2 Å². The molecule has 0 spiro atoms. The molecule has 5 heteroatoms. The Bertz CT molecular complexity index is 6040.